The van der Waals surface area contributed by atoms with Crippen LogP contribution in [0.15, 0.2) is 54.0 Å². The molecule has 29 heavy (non-hydrogen) atoms. The van der Waals surface area contributed by atoms with Gasteiger partial charge in [0.25, 0.3) is 0 Å². The van der Waals surface area contributed by atoms with E-state index in [2.05, 4.69) is 64.5 Å². The topological polar surface area (TPSA) is 65.1 Å². The van der Waals surface area contributed by atoms with Gasteiger partial charge in [-0.05, 0) is 40.2 Å². The van der Waals surface area contributed by atoms with Crippen LogP contribution < -0.4 is 10.7 Å². The van der Waals surface area contributed by atoms with E-state index in [4.69, 9.17) is 0 Å². The van der Waals surface area contributed by atoms with E-state index >= 15 is 0 Å². The van der Waals surface area contributed by atoms with Gasteiger partial charge in [-0.1, -0.05) is 60.3 Å². The molecule has 0 bridgehead atoms. The maximum atomic E-state index is 12.9. The predicted octanol–water partition coefficient (Wildman–Crippen LogP) is 5.91. The van der Waals surface area contributed by atoms with E-state index in [-0.39, 0.29) is 22.0 Å². The Morgan fingerprint density at radius 1 is 1.00 bits per heavy atom. The highest BCUT2D eigenvalue weighted by Crippen LogP contribution is 2.40. The second-order valence-electron chi connectivity index (χ2n) is 9.60. The summed E-state index contributed by atoms with van der Waals surface area (Å²) in [5, 5.41) is 14.6. The molecule has 2 aromatic carbocycles. The molecule has 0 unspecified atom stereocenters. The lowest BCUT2D eigenvalue weighted by atomic mass is 9.79. The molecular weight excluding hydrogens is 360 g/mol. The average Bonchev–Trinajstić information content (AvgIpc) is 2.60. The number of anilines is 1. The number of aromatic amines is 1. The lowest BCUT2D eigenvalue weighted by Crippen LogP contribution is -2.19. The lowest BCUT2D eigenvalue weighted by molar-refractivity contribution is 0.445. The number of hydrogen-bond donors (Lipinski definition) is 3. The largest absolute Gasteiger partial charge is 0.508 e. The van der Waals surface area contributed by atoms with Gasteiger partial charge in [0.05, 0.1) is 5.56 Å². The Kier molecular flexibility index (Phi) is 5.08. The van der Waals surface area contributed by atoms with Crippen molar-refractivity contribution in [1.29, 1.82) is 0 Å². The number of aromatic hydroxyl groups is 1. The minimum Gasteiger partial charge on any atom is -0.508 e. The van der Waals surface area contributed by atoms with Gasteiger partial charge in [0.15, 0.2) is 5.43 Å². The normalized spacial score (nSPS) is 12.2. The fourth-order valence-corrected chi connectivity index (χ4v) is 3.53. The summed E-state index contributed by atoms with van der Waals surface area (Å²) >= 11 is 0. The van der Waals surface area contributed by atoms with Gasteiger partial charge >= 0.3 is 0 Å². The molecule has 152 valence electrons. The van der Waals surface area contributed by atoms with Gasteiger partial charge in [-0.2, -0.15) is 0 Å². The van der Waals surface area contributed by atoms with Gasteiger partial charge in [0, 0.05) is 34.6 Å². The SMILES string of the molecule is C=C(Nc1cc(O)c(C(C)(C)C)cc1C(C)(C)C)c1c[nH]c2ccccc2c1=O. The standard InChI is InChI=1S/C25H30N2O2/c1-15(17-14-26-20-11-9-8-10-16(20)23(17)29)27-21-13-22(28)19(25(5,6)7)12-18(21)24(2,3)4/h8-14,27-28H,1H2,2-7H3,(H,26,29). The first-order valence-electron chi connectivity index (χ1n) is 9.84. The van der Waals surface area contributed by atoms with E-state index in [9.17, 15) is 9.90 Å². The van der Waals surface area contributed by atoms with Crippen LogP contribution in [0.5, 0.6) is 5.75 Å². The van der Waals surface area contributed by atoms with Gasteiger partial charge in [-0.25, -0.2) is 0 Å². The van der Waals surface area contributed by atoms with Crippen molar-refractivity contribution < 1.29 is 5.11 Å². The van der Waals surface area contributed by atoms with Crippen LogP contribution in [0.25, 0.3) is 16.6 Å². The summed E-state index contributed by atoms with van der Waals surface area (Å²) in [6, 6.07) is 11.2. The third-order valence-electron chi connectivity index (χ3n) is 5.15. The number of rotatable bonds is 3. The quantitative estimate of drug-likeness (QED) is 0.521. The van der Waals surface area contributed by atoms with Crippen molar-refractivity contribution in [1.82, 2.24) is 4.98 Å². The second-order valence-corrected chi connectivity index (χ2v) is 9.60. The summed E-state index contributed by atoms with van der Waals surface area (Å²) in [6.07, 6.45) is 1.68. The predicted molar refractivity (Wildman–Crippen MR) is 123 cm³/mol. The molecule has 0 radical (unpaired) electrons. The number of phenolic OH excluding ortho intramolecular Hbond substituents is 1. The Morgan fingerprint density at radius 2 is 1.62 bits per heavy atom. The number of fused-ring (bicyclic) bond motifs is 1. The van der Waals surface area contributed by atoms with Crippen molar-refractivity contribution in [3.8, 4) is 5.75 Å². The molecule has 1 aromatic heterocycles. The van der Waals surface area contributed by atoms with Gasteiger partial charge in [0.1, 0.15) is 5.75 Å². The molecule has 4 heteroatoms. The molecule has 0 aliphatic carbocycles. The number of benzene rings is 2. The lowest BCUT2D eigenvalue weighted by Gasteiger charge is -2.29. The van der Waals surface area contributed by atoms with Crippen molar-refractivity contribution in [3.05, 3.63) is 76.1 Å². The zero-order chi connectivity index (χ0) is 21.6. The zero-order valence-electron chi connectivity index (χ0n) is 18.1. The molecule has 0 saturated heterocycles. The molecule has 3 rings (SSSR count). The molecule has 0 aliphatic heterocycles. The van der Waals surface area contributed by atoms with E-state index in [0.717, 1.165) is 22.3 Å². The fraction of sp³-hybridized carbons (Fsp3) is 0.320. The van der Waals surface area contributed by atoms with Crippen molar-refractivity contribution in [3.63, 3.8) is 0 Å². The smallest absolute Gasteiger partial charge is 0.198 e. The number of phenols is 1. The number of aromatic nitrogens is 1. The molecule has 0 atom stereocenters. The average molecular weight is 391 g/mol. The fourth-order valence-electron chi connectivity index (χ4n) is 3.53. The summed E-state index contributed by atoms with van der Waals surface area (Å²) in [6.45, 7) is 16.7. The highest BCUT2D eigenvalue weighted by Gasteiger charge is 2.26. The zero-order valence-corrected chi connectivity index (χ0v) is 18.1. The molecular formula is C25H30N2O2. The third kappa shape index (κ3) is 4.07. The molecule has 3 N–H and O–H groups in total. The second kappa shape index (κ2) is 7.11. The minimum absolute atomic E-state index is 0.0790. The van der Waals surface area contributed by atoms with E-state index in [1.807, 2.05) is 18.2 Å². The van der Waals surface area contributed by atoms with E-state index < -0.39 is 0 Å². The molecule has 0 saturated carbocycles. The van der Waals surface area contributed by atoms with Crippen LogP contribution in [-0.4, -0.2) is 10.1 Å². The van der Waals surface area contributed by atoms with Gasteiger partial charge in [0.2, 0.25) is 0 Å². The van der Waals surface area contributed by atoms with E-state index in [0.29, 0.717) is 16.6 Å². The van der Waals surface area contributed by atoms with Crippen molar-refractivity contribution >= 4 is 22.3 Å². The van der Waals surface area contributed by atoms with Crippen LogP contribution in [-0.2, 0) is 10.8 Å². The Morgan fingerprint density at radius 3 is 2.24 bits per heavy atom. The number of nitrogens with one attached hydrogen (secondary N) is 2. The number of para-hydroxylation sites is 1. The van der Waals surface area contributed by atoms with E-state index in [1.165, 1.54) is 0 Å². The Hall–Kier alpha value is -3.01. The first kappa shape index (κ1) is 20.7. The van der Waals surface area contributed by atoms with Crippen LogP contribution in [0.3, 0.4) is 0 Å². The summed E-state index contributed by atoms with van der Waals surface area (Å²) in [4.78, 5) is 16.1. The van der Waals surface area contributed by atoms with Gasteiger partial charge in [-0.3, -0.25) is 4.79 Å². The van der Waals surface area contributed by atoms with Crippen molar-refractivity contribution in [2.24, 2.45) is 0 Å². The summed E-state index contributed by atoms with van der Waals surface area (Å²) < 4.78 is 0. The van der Waals surface area contributed by atoms with Gasteiger partial charge < -0.3 is 15.4 Å². The Balaban J connectivity index is 2.08. The van der Waals surface area contributed by atoms with Crippen LogP contribution in [0.1, 0.15) is 58.2 Å². The number of pyridine rings is 1. The molecule has 0 spiro atoms. The molecule has 3 aromatic rings. The minimum atomic E-state index is -0.185. The highest BCUT2D eigenvalue weighted by molar-refractivity contribution is 5.85. The van der Waals surface area contributed by atoms with Crippen molar-refractivity contribution in [2.75, 3.05) is 5.32 Å². The third-order valence-corrected chi connectivity index (χ3v) is 5.15. The molecule has 1 heterocycles. The van der Waals surface area contributed by atoms with E-state index in [1.54, 1.807) is 18.3 Å². The first-order chi connectivity index (χ1) is 13.4. The van der Waals surface area contributed by atoms with Crippen LogP contribution in [0, 0.1) is 0 Å². The molecule has 0 fully saturated rings. The first-order valence-corrected chi connectivity index (χ1v) is 9.84. The van der Waals surface area contributed by atoms with Crippen LogP contribution in [0.2, 0.25) is 0 Å². The number of hydrogen-bond acceptors (Lipinski definition) is 3. The summed E-state index contributed by atoms with van der Waals surface area (Å²) in [7, 11) is 0. The Labute approximate surface area is 172 Å². The molecule has 4 nitrogen and oxygen atoms in total. The monoisotopic (exact) mass is 390 g/mol. The maximum absolute atomic E-state index is 12.9. The van der Waals surface area contributed by atoms with Crippen LogP contribution in [0.4, 0.5) is 5.69 Å². The highest BCUT2D eigenvalue weighted by atomic mass is 16.3. The van der Waals surface area contributed by atoms with Gasteiger partial charge in [-0.15, -0.1) is 0 Å². The molecule has 0 amide bonds. The Bertz CT molecular complexity index is 1140. The maximum Gasteiger partial charge on any atom is 0.198 e. The van der Waals surface area contributed by atoms with Crippen LogP contribution >= 0.6 is 0 Å². The summed E-state index contributed by atoms with van der Waals surface area (Å²) in [5.74, 6) is 0.230. The number of H-pyrrole nitrogens is 1. The van der Waals surface area contributed by atoms with Crippen molar-refractivity contribution in [2.45, 2.75) is 52.4 Å². The summed E-state index contributed by atoms with van der Waals surface area (Å²) in [5.41, 5.74) is 4.03. The molecule has 0 aliphatic rings.